The summed E-state index contributed by atoms with van der Waals surface area (Å²) < 4.78 is 35.3. The molecular weight excluding hydrogens is 253 g/mol. The fraction of sp³-hybridized carbons (Fsp3) is 0.800. The molecular formula is C10H17F3N2O3. The summed E-state index contributed by atoms with van der Waals surface area (Å²) in [5, 5.41) is 12.9. The molecule has 0 radical (unpaired) electrons. The van der Waals surface area contributed by atoms with Gasteiger partial charge in [-0.15, -0.1) is 0 Å². The second kappa shape index (κ2) is 7.91. The van der Waals surface area contributed by atoms with Gasteiger partial charge in [0, 0.05) is 0 Å². The molecule has 0 aromatic heterocycles. The molecule has 1 amide bonds. The summed E-state index contributed by atoms with van der Waals surface area (Å²) in [4.78, 5) is 22.0. The van der Waals surface area contributed by atoms with E-state index < -0.39 is 37.2 Å². The Hall–Kier alpha value is -1.31. The Bertz CT molecular complexity index is 282. The molecule has 0 fully saturated rings. The van der Waals surface area contributed by atoms with E-state index in [0.717, 1.165) is 6.42 Å². The van der Waals surface area contributed by atoms with Crippen molar-refractivity contribution < 1.29 is 27.9 Å². The van der Waals surface area contributed by atoms with Gasteiger partial charge in [-0.2, -0.15) is 13.2 Å². The zero-order chi connectivity index (χ0) is 14.2. The maximum absolute atomic E-state index is 11.8. The normalized spacial score (nSPS) is 13.1. The van der Waals surface area contributed by atoms with Gasteiger partial charge in [-0.3, -0.25) is 4.79 Å². The van der Waals surface area contributed by atoms with Gasteiger partial charge in [0.05, 0.1) is 13.1 Å². The molecule has 0 saturated carbocycles. The SMILES string of the molecule is CCCCC(NC(=O)CNCC(F)(F)F)C(=O)O. The Labute approximate surface area is 103 Å². The number of carboxylic acids is 1. The average molecular weight is 270 g/mol. The van der Waals surface area contributed by atoms with Crippen LogP contribution in [0, 0.1) is 0 Å². The fourth-order valence-corrected chi connectivity index (χ4v) is 1.23. The van der Waals surface area contributed by atoms with Crippen molar-refractivity contribution in [1.29, 1.82) is 0 Å². The number of carboxylic acid groups (broad SMARTS) is 1. The number of amides is 1. The van der Waals surface area contributed by atoms with Gasteiger partial charge in [-0.1, -0.05) is 19.8 Å². The summed E-state index contributed by atoms with van der Waals surface area (Å²) in [7, 11) is 0. The Morgan fingerprint density at radius 3 is 2.39 bits per heavy atom. The van der Waals surface area contributed by atoms with Crippen molar-refractivity contribution >= 4 is 11.9 Å². The number of unbranched alkanes of at least 4 members (excludes halogenated alkanes) is 1. The highest BCUT2D eigenvalue weighted by Crippen LogP contribution is 2.11. The van der Waals surface area contributed by atoms with Crippen LogP contribution < -0.4 is 10.6 Å². The highest BCUT2D eigenvalue weighted by atomic mass is 19.4. The van der Waals surface area contributed by atoms with Crippen molar-refractivity contribution in [1.82, 2.24) is 10.6 Å². The molecule has 8 heteroatoms. The van der Waals surface area contributed by atoms with Crippen molar-refractivity contribution in [3.63, 3.8) is 0 Å². The van der Waals surface area contributed by atoms with E-state index in [1.807, 2.05) is 12.2 Å². The van der Waals surface area contributed by atoms with Crippen LogP contribution >= 0.6 is 0 Å². The molecule has 106 valence electrons. The summed E-state index contributed by atoms with van der Waals surface area (Å²) in [6, 6.07) is -1.05. The summed E-state index contributed by atoms with van der Waals surface area (Å²) in [5.41, 5.74) is 0. The van der Waals surface area contributed by atoms with E-state index in [0.29, 0.717) is 6.42 Å². The van der Waals surface area contributed by atoms with Gasteiger partial charge in [-0.05, 0) is 6.42 Å². The number of halogens is 3. The first-order valence-electron chi connectivity index (χ1n) is 5.56. The lowest BCUT2D eigenvalue weighted by molar-refractivity contribution is -0.142. The number of aliphatic carboxylic acids is 1. The zero-order valence-electron chi connectivity index (χ0n) is 10.0. The largest absolute Gasteiger partial charge is 0.480 e. The Morgan fingerprint density at radius 2 is 1.94 bits per heavy atom. The molecule has 0 aromatic rings. The van der Waals surface area contributed by atoms with Crippen LogP contribution in [-0.4, -0.2) is 42.3 Å². The van der Waals surface area contributed by atoms with E-state index in [2.05, 4.69) is 5.32 Å². The minimum Gasteiger partial charge on any atom is -0.480 e. The number of carbonyl (C=O) groups is 2. The topological polar surface area (TPSA) is 78.4 Å². The molecule has 0 bridgehead atoms. The molecule has 0 rings (SSSR count). The van der Waals surface area contributed by atoms with Crippen molar-refractivity contribution in [2.75, 3.05) is 13.1 Å². The van der Waals surface area contributed by atoms with E-state index in [1.54, 1.807) is 0 Å². The number of hydrogen-bond donors (Lipinski definition) is 3. The molecule has 0 heterocycles. The first-order valence-corrected chi connectivity index (χ1v) is 5.56. The van der Waals surface area contributed by atoms with Gasteiger partial charge in [0.15, 0.2) is 0 Å². The molecule has 0 aliphatic heterocycles. The van der Waals surface area contributed by atoms with Gasteiger partial charge in [0.25, 0.3) is 0 Å². The number of hydrogen-bond acceptors (Lipinski definition) is 3. The molecule has 18 heavy (non-hydrogen) atoms. The van der Waals surface area contributed by atoms with Crippen molar-refractivity contribution in [2.45, 2.75) is 38.4 Å². The third-order valence-electron chi connectivity index (χ3n) is 2.09. The number of carbonyl (C=O) groups excluding carboxylic acids is 1. The van der Waals surface area contributed by atoms with E-state index in [4.69, 9.17) is 5.11 Å². The second-order valence-electron chi connectivity index (χ2n) is 3.82. The molecule has 0 aliphatic carbocycles. The molecule has 0 aromatic carbocycles. The maximum Gasteiger partial charge on any atom is 0.401 e. The summed E-state index contributed by atoms with van der Waals surface area (Å²) in [6.07, 6.45) is -2.75. The van der Waals surface area contributed by atoms with Crippen LogP contribution in [0.3, 0.4) is 0 Å². The van der Waals surface area contributed by atoms with Crippen LogP contribution in [0.2, 0.25) is 0 Å². The van der Waals surface area contributed by atoms with Crippen LogP contribution in [0.25, 0.3) is 0 Å². The maximum atomic E-state index is 11.8. The summed E-state index contributed by atoms with van der Waals surface area (Å²) >= 11 is 0. The Morgan fingerprint density at radius 1 is 1.33 bits per heavy atom. The number of nitrogens with one attached hydrogen (secondary N) is 2. The van der Waals surface area contributed by atoms with E-state index in [-0.39, 0.29) is 6.42 Å². The van der Waals surface area contributed by atoms with Crippen LogP contribution in [0.4, 0.5) is 13.2 Å². The molecule has 5 nitrogen and oxygen atoms in total. The average Bonchev–Trinajstić information content (AvgIpc) is 2.21. The highest BCUT2D eigenvalue weighted by molar-refractivity contribution is 5.84. The summed E-state index contributed by atoms with van der Waals surface area (Å²) in [6.45, 7) is 0.0220. The zero-order valence-corrected chi connectivity index (χ0v) is 10.0. The fourth-order valence-electron chi connectivity index (χ4n) is 1.23. The minimum absolute atomic E-state index is 0.261. The Balaban J connectivity index is 3.99. The smallest absolute Gasteiger partial charge is 0.401 e. The Kier molecular flexibility index (Phi) is 7.33. The predicted octanol–water partition coefficient (Wildman–Crippen LogP) is 0.898. The van der Waals surface area contributed by atoms with E-state index in [9.17, 15) is 22.8 Å². The summed E-state index contributed by atoms with van der Waals surface area (Å²) in [5.74, 6) is -1.95. The lowest BCUT2D eigenvalue weighted by Gasteiger charge is -2.14. The molecule has 1 atom stereocenters. The van der Waals surface area contributed by atoms with Crippen molar-refractivity contribution in [2.24, 2.45) is 0 Å². The van der Waals surface area contributed by atoms with E-state index in [1.165, 1.54) is 0 Å². The first kappa shape index (κ1) is 16.7. The van der Waals surface area contributed by atoms with Gasteiger partial charge >= 0.3 is 12.1 Å². The lowest BCUT2D eigenvalue weighted by Crippen LogP contribution is -2.45. The minimum atomic E-state index is -4.39. The second-order valence-corrected chi connectivity index (χ2v) is 3.82. The third kappa shape index (κ3) is 8.80. The molecule has 3 N–H and O–H groups in total. The van der Waals surface area contributed by atoms with Crippen LogP contribution in [0.5, 0.6) is 0 Å². The van der Waals surface area contributed by atoms with E-state index >= 15 is 0 Å². The molecule has 1 unspecified atom stereocenters. The first-order chi connectivity index (χ1) is 8.26. The molecule has 0 spiro atoms. The van der Waals surface area contributed by atoms with Gasteiger partial charge in [0.2, 0.25) is 5.91 Å². The monoisotopic (exact) mass is 270 g/mol. The van der Waals surface area contributed by atoms with Crippen LogP contribution in [0.1, 0.15) is 26.2 Å². The highest BCUT2D eigenvalue weighted by Gasteiger charge is 2.27. The van der Waals surface area contributed by atoms with Gasteiger partial charge < -0.3 is 15.7 Å². The van der Waals surface area contributed by atoms with Crippen molar-refractivity contribution in [3.8, 4) is 0 Å². The predicted molar refractivity (Wildman–Crippen MR) is 58.0 cm³/mol. The van der Waals surface area contributed by atoms with Crippen LogP contribution in [0.15, 0.2) is 0 Å². The quantitative estimate of drug-likeness (QED) is 0.612. The standard InChI is InChI=1S/C10H17F3N2O3/c1-2-3-4-7(9(17)18)15-8(16)5-14-6-10(11,12)13/h7,14H,2-6H2,1H3,(H,15,16)(H,17,18). The van der Waals surface area contributed by atoms with Crippen molar-refractivity contribution in [3.05, 3.63) is 0 Å². The number of alkyl halides is 3. The molecule has 0 aliphatic rings. The lowest BCUT2D eigenvalue weighted by atomic mass is 10.1. The third-order valence-corrected chi connectivity index (χ3v) is 2.09. The number of rotatable bonds is 8. The van der Waals surface area contributed by atoms with Crippen LogP contribution in [-0.2, 0) is 9.59 Å². The van der Waals surface area contributed by atoms with Gasteiger partial charge in [-0.25, -0.2) is 4.79 Å². The molecule has 0 saturated heterocycles. The van der Waals surface area contributed by atoms with Gasteiger partial charge in [0.1, 0.15) is 6.04 Å².